The number of rotatable bonds is 7. The first-order chi connectivity index (χ1) is 16.5. The Morgan fingerprint density at radius 3 is 2.74 bits per heavy atom. The second-order valence-electron chi connectivity index (χ2n) is 8.83. The molecule has 0 radical (unpaired) electrons. The summed E-state index contributed by atoms with van der Waals surface area (Å²) >= 11 is 0. The van der Waals surface area contributed by atoms with Gasteiger partial charge in [-0.3, -0.25) is 14.5 Å². The number of halogens is 1. The summed E-state index contributed by atoms with van der Waals surface area (Å²) in [4.78, 5) is 28.5. The van der Waals surface area contributed by atoms with Crippen LogP contribution in [0.15, 0.2) is 59.5 Å². The Hall–Kier alpha value is -3.52. The maximum atomic E-state index is 13.5. The molecular weight excluding hydrogens is 433 g/mol. The van der Waals surface area contributed by atoms with E-state index >= 15 is 0 Å². The van der Waals surface area contributed by atoms with Crippen molar-refractivity contribution in [2.45, 2.75) is 38.9 Å². The first-order valence-corrected chi connectivity index (χ1v) is 11.8. The van der Waals surface area contributed by atoms with Gasteiger partial charge >= 0.3 is 0 Å². The van der Waals surface area contributed by atoms with Gasteiger partial charge in [0.25, 0.3) is 5.56 Å². The lowest BCUT2D eigenvalue weighted by Gasteiger charge is -2.22. The van der Waals surface area contributed by atoms with Crippen LogP contribution in [0, 0.1) is 5.82 Å². The molecule has 1 saturated heterocycles. The predicted molar refractivity (Wildman–Crippen MR) is 130 cm³/mol. The zero-order valence-corrected chi connectivity index (χ0v) is 19.2. The molecule has 1 amide bonds. The van der Waals surface area contributed by atoms with Gasteiger partial charge in [-0.25, -0.2) is 9.07 Å². The van der Waals surface area contributed by atoms with Gasteiger partial charge in [-0.2, -0.15) is 5.10 Å². The van der Waals surface area contributed by atoms with Gasteiger partial charge in [0.2, 0.25) is 5.91 Å². The minimum Gasteiger partial charge on any atom is -0.353 e. The third-order valence-electron chi connectivity index (χ3n) is 6.76. The third kappa shape index (κ3) is 4.21. The highest BCUT2D eigenvalue weighted by molar-refractivity contribution is 6.07. The number of fused-ring (bicyclic) bond motifs is 3. The van der Waals surface area contributed by atoms with Crippen molar-refractivity contribution in [1.82, 2.24) is 24.6 Å². The largest absolute Gasteiger partial charge is 0.353 e. The molecule has 1 N–H and O–H groups in total. The lowest BCUT2D eigenvalue weighted by Crippen LogP contribution is -2.42. The Balaban J connectivity index is 1.45. The highest BCUT2D eigenvalue weighted by atomic mass is 19.1. The molecule has 2 aromatic heterocycles. The number of aromatic nitrogens is 3. The number of likely N-dealkylation sites (tertiary alicyclic amines) is 1. The summed E-state index contributed by atoms with van der Waals surface area (Å²) in [5.41, 5.74) is 1.94. The van der Waals surface area contributed by atoms with Crippen LogP contribution in [-0.2, 0) is 17.9 Å². The van der Waals surface area contributed by atoms with Crippen LogP contribution in [0.4, 0.5) is 4.39 Å². The summed E-state index contributed by atoms with van der Waals surface area (Å²) in [7, 11) is 0. The number of carbonyl (C=O) groups is 1. The second-order valence-corrected chi connectivity index (χ2v) is 8.83. The standard InChI is InChI=1S/C26H28FN5O2/c1-2-30-13-5-6-20(30)14-28-24(33)17-32-26(34)25-22(15-29-32)21-7-3-4-8-23(21)31(25)16-18-9-11-19(27)12-10-18/h3-4,7-12,15,20H,2,5-6,13-14,16-17H2,1H3,(H,28,33)/t20-/m0/s1. The topological polar surface area (TPSA) is 72.2 Å². The summed E-state index contributed by atoms with van der Waals surface area (Å²) in [5, 5.41) is 8.94. The fourth-order valence-corrected chi connectivity index (χ4v) is 5.01. The average Bonchev–Trinajstić information content (AvgIpc) is 3.44. The van der Waals surface area contributed by atoms with Gasteiger partial charge in [-0.1, -0.05) is 37.3 Å². The highest BCUT2D eigenvalue weighted by Crippen LogP contribution is 2.27. The maximum absolute atomic E-state index is 13.5. The Bertz CT molecular complexity index is 1390. The molecule has 0 bridgehead atoms. The average molecular weight is 462 g/mol. The van der Waals surface area contributed by atoms with Crippen molar-refractivity contribution >= 4 is 27.7 Å². The monoisotopic (exact) mass is 461 g/mol. The van der Waals surface area contributed by atoms with Crippen molar-refractivity contribution in [3.05, 3.63) is 76.5 Å². The molecule has 0 saturated carbocycles. The smallest absolute Gasteiger partial charge is 0.291 e. The number of nitrogens with one attached hydrogen (secondary N) is 1. The van der Waals surface area contributed by atoms with Crippen LogP contribution in [0.25, 0.3) is 21.8 Å². The molecule has 0 aliphatic carbocycles. The van der Waals surface area contributed by atoms with Crippen LogP contribution in [0.3, 0.4) is 0 Å². The van der Waals surface area contributed by atoms with Crippen molar-refractivity contribution < 1.29 is 9.18 Å². The number of hydrogen-bond donors (Lipinski definition) is 1. The molecule has 3 heterocycles. The van der Waals surface area contributed by atoms with E-state index in [1.807, 2.05) is 28.8 Å². The number of benzene rings is 2. The minimum absolute atomic E-state index is 0.133. The number of carbonyl (C=O) groups excluding carboxylic acids is 1. The molecule has 5 rings (SSSR count). The summed E-state index contributed by atoms with van der Waals surface area (Å²) in [6.07, 6.45) is 3.87. The number of hydrogen-bond acceptors (Lipinski definition) is 4. The third-order valence-corrected chi connectivity index (χ3v) is 6.76. The van der Waals surface area contributed by atoms with Gasteiger partial charge < -0.3 is 9.88 Å². The zero-order valence-electron chi connectivity index (χ0n) is 19.2. The highest BCUT2D eigenvalue weighted by Gasteiger charge is 2.23. The Morgan fingerprint density at radius 2 is 1.94 bits per heavy atom. The number of nitrogens with zero attached hydrogens (tertiary/aromatic N) is 4. The molecule has 176 valence electrons. The first kappa shape index (κ1) is 22.3. The van der Waals surface area contributed by atoms with E-state index < -0.39 is 0 Å². The molecule has 7 nitrogen and oxygen atoms in total. The fourth-order valence-electron chi connectivity index (χ4n) is 5.01. The van der Waals surface area contributed by atoms with E-state index in [9.17, 15) is 14.0 Å². The van der Waals surface area contributed by atoms with E-state index in [0.29, 0.717) is 24.6 Å². The van der Waals surface area contributed by atoms with Crippen LogP contribution in [0.5, 0.6) is 0 Å². The van der Waals surface area contributed by atoms with Gasteiger partial charge in [-0.15, -0.1) is 0 Å². The van der Waals surface area contributed by atoms with Gasteiger partial charge in [-0.05, 0) is 49.7 Å². The molecule has 0 unspecified atom stereocenters. The molecule has 1 aliphatic heterocycles. The van der Waals surface area contributed by atoms with Crippen molar-refractivity contribution in [3.8, 4) is 0 Å². The summed E-state index contributed by atoms with van der Waals surface area (Å²) in [6.45, 7) is 5.01. The lowest BCUT2D eigenvalue weighted by molar-refractivity contribution is -0.122. The van der Waals surface area contributed by atoms with Crippen molar-refractivity contribution in [2.24, 2.45) is 0 Å². The Kier molecular flexibility index (Phi) is 6.15. The molecule has 1 aliphatic rings. The quantitative estimate of drug-likeness (QED) is 0.459. The molecular formula is C26H28FN5O2. The Morgan fingerprint density at radius 1 is 1.15 bits per heavy atom. The summed E-state index contributed by atoms with van der Waals surface area (Å²) in [6, 6.07) is 14.4. The summed E-state index contributed by atoms with van der Waals surface area (Å²) in [5.74, 6) is -0.527. The van der Waals surface area contributed by atoms with E-state index in [1.54, 1.807) is 18.3 Å². The van der Waals surface area contributed by atoms with Gasteiger partial charge in [0.15, 0.2) is 0 Å². The predicted octanol–water partition coefficient (Wildman–Crippen LogP) is 3.14. The number of para-hydroxylation sites is 1. The molecule has 1 fully saturated rings. The first-order valence-electron chi connectivity index (χ1n) is 11.8. The van der Waals surface area contributed by atoms with Crippen LogP contribution in [-0.4, -0.2) is 50.8 Å². The van der Waals surface area contributed by atoms with Crippen LogP contribution in [0.2, 0.25) is 0 Å². The normalized spacial score (nSPS) is 16.5. The lowest BCUT2D eigenvalue weighted by atomic mass is 10.2. The van der Waals surface area contributed by atoms with Gasteiger partial charge in [0.05, 0.1) is 6.20 Å². The number of likely N-dealkylation sites (N-methyl/N-ethyl adjacent to an activating group) is 1. The Labute approximate surface area is 196 Å². The molecule has 1 atom stereocenters. The van der Waals surface area contributed by atoms with Gasteiger partial charge in [0, 0.05) is 35.4 Å². The van der Waals surface area contributed by atoms with E-state index in [0.717, 1.165) is 47.8 Å². The van der Waals surface area contributed by atoms with E-state index in [2.05, 4.69) is 22.2 Å². The molecule has 8 heteroatoms. The van der Waals surface area contributed by atoms with Crippen molar-refractivity contribution in [3.63, 3.8) is 0 Å². The van der Waals surface area contributed by atoms with E-state index in [1.165, 1.54) is 16.8 Å². The van der Waals surface area contributed by atoms with E-state index in [4.69, 9.17) is 0 Å². The zero-order chi connectivity index (χ0) is 23.7. The molecule has 2 aromatic carbocycles. The van der Waals surface area contributed by atoms with Crippen LogP contribution < -0.4 is 10.9 Å². The van der Waals surface area contributed by atoms with Crippen molar-refractivity contribution in [2.75, 3.05) is 19.6 Å². The van der Waals surface area contributed by atoms with Crippen molar-refractivity contribution in [1.29, 1.82) is 0 Å². The fraction of sp³-hybridized carbons (Fsp3) is 0.346. The molecule has 34 heavy (non-hydrogen) atoms. The van der Waals surface area contributed by atoms with E-state index in [-0.39, 0.29) is 23.8 Å². The number of amides is 1. The molecule has 4 aromatic rings. The summed E-state index contributed by atoms with van der Waals surface area (Å²) < 4.78 is 16.6. The second kappa shape index (κ2) is 9.38. The molecule has 0 spiro atoms. The van der Waals surface area contributed by atoms with Crippen LogP contribution >= 0.6 is 0 Å². The SMILES string of the molecule is CCN1CCC[C@H]1CNC(=O)Cn1ncc2c3ccccc3n(Cc3ccc(F)cc3)c2c1=O. The maximum Gasteiger partial charge on any atom is 0.291 e. The van der Waals surface area contributed by atoms with Crippen LogP contribution in [0.1, 0.15) is 25.3 Å². The minimum atomic E-state index is -0.318. The van der Waals surface area contributed by atoms with Gasteiger partial charge in [0.1, 0.15) is 17.9 Å².